The molecular formula is C9H13N5OS. The zero-order valence-electron chi connectivity index (χ0n) is 9.10. The predicted molar refractivity (Wildman–Crippen MR) is 59.7 cm³/mol. The molecule has 0 unspecified atom stereocenters. The minimum Gasteiger partial charge on any atom is -0.340 e. The van der Waals surface area contributed by atoms with Crippen LogP contribution in [0.5, 0.6) is 0 Å². The van der Waals surface area contributed by atoms with Gasteiger partial charge in [0.1, 0.15) is 0 Å². The average molecular weight is 239 g/mol. The summed E-state index contributed by atoms with van der Waals surface area (Å²) in [5.41, 5.74) is 5.28. The van der Waals surface area contributed by atoms with Gasteiger partial charge in [0, 0.05) is 12.4 Å². The lowest BCUT2D eigenvalue weighted by Crippen LogP contribution is -2.30. The van der Waals surface area contributed by atoms with Crippen LogP contribution in [0.25, 0.3) is 0 Å². The molecule has 6 nitrogen and oxygen atoms in total. The largest absolute Gasteiger partial charge is 0.340 e. The van der Waals surface area contributed by atoms with Crippen LogP contribution in [0.3, 0.4) is 0 Å². The number of hydrogen-bond acceptors (Lipinski definition) is 6. The first-order valence-corrected chi connectivity index (χ1v) is 5.78. The van der Waals surface area contributed by atoms with Gasteiger partial charge in [-0.25, -0.2) is 4.98 Å². The number of nitrogens with one attached hydrogen (secondary N) is 1. The van der Waals surface area contributed by atoms with E-state index >= 15 is 0 Å². The molecule has 3 N–H and O–H groups in total. The number of nitrogens with two attached hydrogens (primary N) is 1. The highest BCUT2D eigenvalue weighted by molar-refractivity contribution is 7.98. The summed E-state index contributed by atoms with van der Waals surface area (Å²) in [6.07, 6.45) is 3.47. The number of hydrogen-bond donors (Lipinski definition) is 2. The Morgan fingerprint density at radius 1 is 1.56 bits per heavy atom. The molecule has 0 amide bonds. The van der Waals surface area contributed by atoms with Gasteiger partial charge in [-0.1, -0.05) is 16.9 Å². The lowest BCUT2D eigenvalue weighted by molar-refractivity contribution is 0.369. The highest BCUT2D eigenvalue weighted by Gasteiger charge is 2.21. The topological polar surface area (TPSA) is 93.6 Å². The van der Waals surface area contributed by atoms with Crippen LogP contribution in [0.2, 0.25) is 0 Å². The van der Waals surface area contributed by atoms with E-state index in [2.05, 4.69) is 20.1 Å². The van der Waals surface area contributed by atoms with Crippen LogP contribution < -0.4 is 5.73 Å². The fourth-order valence-corrected chi connectivity index (χ4v) is 1.70. The van der Waals surface area contributed by atoms with Crippen LogP contribution in [0.15, 0.2) is 22.1 Å². The van der Waals surface area contributed by atoms with Crippen molar-refractivity contribution >= 4 is 11.8 Å². The first-order chi connectivity index (χ1) is 7.55. The minimum absolute atomic E-state index is 0.516. The Labute approximate surface area is 97.0 Å². The smallest absolute Gasteiger partial charge is 0.237 e. The second kappa shape index (κ2) is 4.26. The summed E-state index contributed by atoms with van der Waals surface area (Å²) >= 11 is 1.50. The molecule has 0 aliphatic heterocycles. The Kier molecular flexibility index (Phi) is 2.97. The predicted octanol–water partition coefficient (Wildman–Crippen LogP) is 1.28. The SMILES string of the molecule is CC(C)(N)c1noc(CSc2ncc[nH]2)n1. The molecule has 7 heteroatoms. The van der Waals surface area contributed by atoms with Gasteiger partial charge in [-0.05, 0) is 13.8 Å². The Morgan fingerprint density at radius 2 is 2.38 bits per heavy atom. The second-order valence-electron chi connectivity index (χ2n) is 3.92. The van der Waals surface area contributed by atoms with Crippen LogP contribution >= 0.6 is 11.8 Å². The summed E-state index contributed by atoms with van der Waals surface area (Å²) in [5, 5.41) is 4.66. The molecule has 0 radical (unpaired) electrons. The van der Waals surface area contributed by atoms with Crippen molar-refractivity contribution in [2.75, 3.05) is 0 Å². The zero-order valence-corrected chi connectivity index (χ0v) is 9.91. The molecule has 0 bridgehead atoms. The molecular weight excluding hydrogens is 226 g/mol. The van der Waals surface area contributed by atoms with Crippen LogP contribution in [-0.2, 0) is 11.3 Å². The molecule has 2 aromatic heterocycles. The molecule has 0 aromatic carbocycles. The van der Waals surface area contributed by atoms with E-state index in [4.69, 9.17) is 10.3 Å². The van der Waals surface area contributed by atoms with Crippen molar-refractivity contribution in [3.8, 4) is 0 Å². The highest BCUT2D eigenvalue weighted by Crippen LogP contribution is 2.19. The van der Waals surface area contributed by atoms with E-state index in [1.165, 1.54) is 11.8 Å². The maximum Gasteiger partial charge on any atom is 0.237 e. The number of rotatable bonds is 4. The molecule has 2 rings (SSSR count). The van der Waals surface area contributed by atoms with Gasteiger partial charge >= 0.3 is 0 Å². The Balaban J connectivity index is 1.98. The summed E-state index contributed by atoms with van der Waals surface area (Å²) in [6, 6.07) is 0. The molecule has 16 heavy (non-hydrogen) atoms. The molecule has 0 saturated heterocycles. The number of H-pyrrole nitrogens is 1. The van der Waals surface area contributed by atoms with Gasteiger partial charge in [0.05, 0.1) is 11.3 Å². The Hall–Kier alpha value is -1.34. The van der Waals surface area contributed by atoms with Gasteiger partial charge in [-0.3, -0.25) is 0 Å². The first kappa shape index (κ1) is 11.2. The minimum atomic E-state index is -0.572. The summed E-state index contributed by atoms with van der Waals surface area (Å²) in [4.78, 5) is 11.3. The van der Waals surface area contributed by atoms with E-state index in [-0.39, 0.29) is 0 Å². The monoisotopic (exact) mass is 239 g/mol. The third-order valence-corrected chi connectivity index (χ3v) is 2.74. The molecule has 0 spiro atoms. The van der Waals surface area contributed by atoms with Crippen molar-refractivity contribution in [3.05, 3.63) is 24.1 Å². The molecule has 0 fully saturated rings. The normalized spacial score (nSPS) is 11.9. The first-order valence-electron chi connectivity index (χ1n) is 4.80. The summed E-state index contributed by atoms with van der Waals surface area (Å²) in [7, 11) is 0. The summed E-state index contributed by atoms with van der Waals surface area (Å²) in [6.45, 7) is 3.67. The number of aromatic amines is 1. The molecule has 0 saturated carbocycles. The highest BCUT2D eigenvalue weighted by atomic mass is 32.2. The van der Waals surface area contributed by atoms with Crippen molar-refractivity contribution in [2.24, 2.45) is 5.73 Å². The van der Waals surface area contributed by atoms with Crippen molar-refractivity contribution < 1.29 is 4.52 Å². The van der Waals surface area contributed by atoms with Gasteiger partial charge in [-0.2, -0.15) is 4.98 Å². The van der Waals surface area contributed by atoms with Gasteiger partial charge in [-0.15, -0.1) is 0 Å². The van der Waals surface area contributed by atoms with Crippen LogP contribution in [-0.4, -0.2) is 20.1 Å². The standard InChI is InChI=1S/C9H13N5OS/c1-9(2,10)7-13-6(15-14-7)5-16-8-11-3-4-12-8/h3-4H,5,10H2,1-2H3,(H,11,12). The molecule has 0 aliphatic carbocycles. The third kappa shape index (κ3) is 2.61. The van der Waals surface area contributed by atoms with Gasteiger partial charge in [0.2, 0.25) is 5.89 Å². The fourth-order valence-electron chi connectivity index (χ4n) is 1.04. The van der Waals surface area contributed by atoms with Crippen LogP contribution in [0, 0.1) is 0 Å². The van der Waals surface area contributed by atoms with E-state index in [0.29, 0.717) is 17.5 Å². The van der Waals surface area contributed by atoms with Crippen molar-refractivity contribution in [3.63, 3.8) is 0 Å². The molecule has 2 heterocycles. The molecule has 86 valence electrons. The van der Waals surface area contributed by atoms with Crippen LogP contribution in [0.1, 0.15) is 25.6 Å². The van der Waals surface area contributed by atoms with Crippen LogP contribution in [0.4, 0.5) is 0 Å². The fraction of sp³-hybridized carbons (Fsp3) is 0.444. The van der Waals surface area contributed by atoms with E-state index in [0.717, 1.165) is 5.16 Å². The maximum absolute atomic E-state index is 5.85. The van der Waals surface area contributed by atoms with E-state index < -0.39 is 5.54 Å². The lowest BCUT2D eigenvalue weighted by atomic mass is 10.1. The van der Waals surface area contributed by atoms with Crippen molar-refractivity contribution in [2.45, 2.75) is 30.3 Å². The van der Waals surface area contributed by atoms with E-state index in [9.17, 15) is 0 Å². The summed E-state index contributed by atoms with van der Waals surface area (Å²) < 4.78 is 5.09. The van der Waals surface area contributed by atoms with E-state index in [1.807, 2.05) is 13.8 Å². The second-order valence-corrected chi connectivity index (χ2v) is 4.88. The van der Waals surface area contributed by atoms with Gasteiger partial charge in [0.25, 0.3) is 0 Å². The van der Waals surface area contributed by atoms with Crippen molar-refractivity contribution in [1.29, 1.82) is 0 Å². The van der Waals surface area contributed by atoms with E-state index in [1.54, 1.807) is 12.4 Å². The van der Waals surface area contributed by atoms with Crippen molar-refractivity contribution in [1.82, 2.24) is 20.1 Å². The van der Waals surface area contributed by atoms with Gasteiger partial charge in [0.15, 0.2) is 11.0 Å². The quantitative estimate of drug-likeness (QED) is 0.780. The summed E-state index contributed by atoms with van der Waals surface area (Å²) in [5.74, 6) is 1.65. The van der Waals surface area contributed by atoms with Gasteiger partial charge < -0.3 is 15.2 Å². The lowest BCUT2D eigenvalue weighted by Gasteiger charge is -2.11. The Morgan fingerprint density at radius 3 is 2.94 bits per heavy atom. The number of imidazole rings is 1. The zero-order chi connectivity index (χ0) is 11.6. The molecule has 0 atom stereocenters. The molecule has 0 aliphatic rings. The number of aromatic nitrogens is 4. The third-order valence-electron chi connectivity index (χ3n) is 1.85. The Bertz CT molecular complexity index is 445. The molecule has 2 aromatic rings. The number of nitrogens with zero attached hydrogens (tertiary/aromatic N) is 3. The average Bonchev–Trinajstić information content (AvgIpc) is 2.85. The number of thioether (sulfide) groups is 1. The maximum atomic E-state index is 5.85.